The first-order valence-corrected chi connectivity index (χ1v) is 9.23. The van der Waals surface area contributed by atoms with Gasteiger partial charge in [0.25, 0.3) is 0 Å². The van der Waals surface area contributed by atoms with E-state index in [1.54, 1.807) is 6.20 Å². The summed E-state index contributed by atoms with van der Waals surface area (Å²) in [7, 11) is 0. The molecule has 1 aromatic carbocycles. The zero-order valence-electron chi connectivity index (χ0n) is 15.1. The van der Waals surface area contributed by atoms with E-state index >= 15 is 0 Å². The maximum Gasteiger partial charge on any atom is 0.247 e. The molecule has 0 unspecified atom stereocenters. The third-order valence-corrected chi connectivity index (χ3v) is 5.44. The van der Waals surface area contributed by atoms with E-state index in [2.05, 4.69) is 56.9 Å². The Balaban J connectivity index is 1.45. The van der Waals surface area contributed by atoms with Gasteiger partial charge in [-0.1, -0.05) is 12.1 Å². The lowest BCUT2D eigenvalue weighted by molar-refractivity contribution is 0.642. The van der Waals surface area contributed by atoms with Crippen molar-refractivity contribution in [2.24, 2.45) is 0 Å². The normalized spacial score (nSPS) is 18.1. The van der Waals surface area contributed by atoms with Crippen LogP contribution < -0.4 is 14.7 Å². The Hall–Kier alpha value is -2.37. The van der Waals surface area contributed by atoms with Gasteiger partial charge in [0, 0.05) is 45.0 Å². The third kappa shape index (κ3) is 3.25. The molecule has 2 aliphatic rings. The Morgan fingerprint density at radius 3 is 2.32 bits per heavy atom. The number of rotatable bonds is 3. The summed E-state index contributed by atoms with van der Waals surface area (Å²) >= 11 is 0. The number of benzene rings is 1. The third-order valence-electron chi connectivity index (χ3n) is 5.44. The second-order valence-electron chi connectivity index (χ2n) is 7.00. The van der Waals surface area contributed by atoms with E-state index in [1.165, 1.54) is 29.7 Å². The van der Waals surface area contributed by atoms with Crippen molar-refractivity contribution in [2.45, 2.75) is 26.7 Å². The lowest BCUT2D eigenvalue weighted by atomic mass is 10.1. The molecule has 0 spiro atoms. The van der Waals surface area contributed by atoms with Gasteiger partial charge in [0.2, 0.25) is 5.95 Å². The summed E-state index contributed by atoms with van der Waals surface area (Å²) in [5.74, 6) is 1.74. The average molecular weight is 338 g/mol. The summed E-state index contributed by atoms with van der Waals surface area (Å²) < 4.78 is 0. The molecule has 0 saturated carbocycles. The number of hydrogen-bond acceptors (Lipinski definition) is 6. The van der Waals surface area contributed by atoms with Gasteiger partial charge in [0.15, 0.2) is 5.82 Å². The predicted molar refractivity (Wildman–Crippen MR) is 102 cm³/mol. The first-order valence-electron chi connectivity index (χ1n) is 9.23. The molecule has 0 radical (unpaired) electrons. The van der Waals surface area contributed by atoms with Crippen molar-refractivity contribution in [1.82, 2.24) is 15.2 Å². The number of nitrogens with zero attached hydrogens (tertiary/aromatic N) is 6. The smallest absolute Gasteiger partial charge is 0.247 e. The van der Waals surface area contributed by atoms with Crippen molar-refractivity contribution in [3.8, 4) is 0 Å². The van der Waals surface area contributed by atoms with Crippen LogP contribution in [0.5, 0.6) is 0 Å². The first-order chi connectivity index (χ1) is 12.2. The zero-order chi connectivity index (χ0) is 17.2. The van der Waals surface area contributed by atoms with Gasteiger partial charge >= 0.3 is 0 Å². The largest absolute Gasteiger partial charge is 0.368 e. The molecule has 2 saturated heterocycles. The minimum Gasteiger partial charge on any atom is -0.368 e. The molecular weight excluding hydrogens is 312 g/mol. The molecule has 6 heteroatoms. The molecule has 0 aliphatic carbocycles. The molecule has 6 nitrogen and oxygen atoms in total. The van der Waals surface area contributed by atoms with Gasteiger partial charge in [-0.25, -0.2) is 0 Å². The second kappa shape index (κ2) is 6.86. The fraction of sp³-hybridized carbons (Fsp3) is 0.526. The van der Waals surface area contributed by atoms with Gasteiger partial charge in [0.1, 0.15) is 0 Å². The summed E-state index contributed by atoms with van der Waals surface area (Å²) in [5.41, 5.74) is 4.10. The molecule has 1 aromatic heterocycles. The highest BCUT2D eigenvalue weighted by molar-refractivity contribution is 5.57. The van der Waals surface area contributed by atoms with Gasteiger partial charge < -0.3 is 14.7 Å². The SMILES string of the molecule is Cc1cccc(N2CCN(c3cnnc(N4CCCC4)n3)CC2)c1C. The molecule has 3 heterocycles. The highest BCUT2D eigenvalue weighted by Gasteiger charge is 2.22. The van der Waals surface area contributed by atoms with Gasteiger partial charge in [-0.3, -0.25) is 0 Å². The highest BCUT2D eigenvalue weighted by atomic mass is 15.4. The van der Waals surface area contributed by atoms with Crippen LogP contribution in [-0.2, 0) is 0 Å². The zero-order valence-corrected chi connectivity index (χ0v) is 15.1. The second-order valence-corrected chi connectivity index (χ2v) is 7.00. The van der Waals surface area contributed by atoms with E-state index in [0.717, 1.165) is 51.0 Å². The van der Waals surface area contributed by atoms with Gasteiger partial charge in [0.05, 0.1) is 6.20 Å². The van der Waals surface area contributed by atoms with E-state index < -0.39 is 0 Å². The molecule has 2 fully saturated rings. The number of anilines is 3. The lowest BCUT2D eigenvalue weighted by Gasteiger charge is -2.37. The van der Waals surface area contributed by atoms with Crippen LogP contribution in [0.15, 0.2) is 24.4 Å². The maximum atomic E-state index is 4.77. The molecule has 2 aliphatic heterocycles. The van der Waals surface area contributed by atoms with E-state index in [1.807, 2.05) is 0 Å². The van der Waals surface area contributed by atoms with Crippen molar-refractivity contribution in [3.05, 3.63) is 35.5 Å². The molecule has 0 atom stereocenters. The summed E-state index contributed by atoms with van der Waals surface area (Å²) in [6, 6.07) is 6.57. The van der Waals surface area contributed by atoms with Crippen LogP contribution in [0.4, 0.5) is 17.5 Å². The molecule has 132 valence electrons. The predicted octanol–water partition coefficient (Wildman–Crippen LogP) is 2.42. The Kier molecular flexibility index (Phi) is 4.42. The van der Waals surface area contributed by atoms with E-state index in [0.29, 0.717) is 0 Å². The van der Waals surface area contributed by atoms with E-state index in [-0.39, 0.29) is 0 Å². The fourth-order valence-electron chi connectivity index (χ4n) is 3.74. The van der Waals surface area contributed by atoms with E-state index in [4.69, 9.17) is 4.98 Å². The number of piperazine rings is 1. The fourth-order valence-corrected chi connectivity index (χ4v) is 3.74. The van der Waals surface area contributed by atoms with Gasteiger partial charge in [-0.05, 0) is 43.9 Å². The highest BCUT2D eigenvalue weighted by Crippen LogP contribution is 2.25. The molecule has 4 rings (SSSR count). The topological polar surface area (TPSA) is 48.4 Å². The number of aryl methyl sites for hydroxylation is 1. The number of hydrogen-bond donors (Lipinski definition) is 0. The van der Waals surface area contributed by atoms with Gasteiger partial charge in [-0.2, -0.15) is 10.1 Å². The molecule has 0 bridgehead atoms. The molecule has 25 heavy (non-hydrogen) atoms. The van der Waals surface area contributed by atoms with Crippen LogP contribution in [0.3, 0.4) is 0 Å². The van der Waals surface area contributed by atoms with Crippen LogP contribution in [0.1, 0.15) is 24.0 Å². The van der Waals surface area contributed by atoms with Crippen LogP contribution >= 0.6 is 0 Å². The van der Waals surface area contributed by atoms with E-state index in [9.17, 15) is 0 Å². The van der Waals surface area contributed by atoms with Crippen molar-refractivity contribution in [2.75, 3.05) is 54.0 Å². The summed E-state index contributed by atoms with van der Waals surface area (Å²) in [6.07, 6.45) is 4.25. The van der Waals surface area contributed by atoms with Crippen molar-refractivity contribution < 1.29 is 0 Å². The molecule has 2 aromatic rings. The Labute approximate surface area is 149 Å². The maximum absolute atomic E-state index is 4.77. The van der Waals surface area contributed by atoms with Crippen molar-refractivity contribution in [1.29, 1.82) is 0 Å². The van der Waals surface area contributed by atoms with Crippen LogP contribution in [0.25, 0.3) is 0 Å². The average Bonchev–Trinajstić information content (AvgIpc) is 3.19. The van der Waals surface area contributed by atoms with Crippen molar-refractivity contribution in [3.63, 3.8) is 0 Å². The Morgan fingerprint density at radius 2 is 1.56 bits per heavy atom. The summed E-state index contributed by atoms with van der Waals surface area (Å²) in [6.45, 7) is 10.4. The van der Waals surface area contributed by atoms with Crippen molar-refractivity contribution >= 4 is 17.5 Å². The monoisotopic (exact) mass is 338 g/mol. The van der Waals surface area contributed by atoms with Crippen LogP contribution in [0.2, 0.25) is 0 Å². The molecule has 0 amide bonds. The van der Waals surface area contributed by atoms with Crippen LogP contribution in [-0.4, -0.2) is 54.4 Å². The molecular formula is C19H26N6. The first kappa shape index (κ1) is 16.1. The van der Waals surface area contributed by atoms with Crippen LogP contribution in [0, 0.1) is 13.8 Å². The standard InChI is InChI=1S/C19H26N6/c1-15-6-5-7-17(16(15)2)23-10-12-24(13-11-23)18-14-20-22-19(21-18)25-8-3-4-9-25/h5-7,14H,3-4,8-13H2,1-2H3. The lowest BCUT2D eigenvalue weighted by Crippen LogP contribution is -2.47. The Bertz CT molecular complexity index is 732. The Morgan fingerprint density at radius 1 is 0.840 bits per heavy atom. The molecule has 0 N–H and O–H groups in total. The summed E-state index contributed by atoms with van der Waals surface area (Å²) in [4.78, 5) is 11.8. The number of aromatic nitrogens is 3. The minimum absolute atomic E-state index is 0.784. The quantitative estimate of drug-likeness (QED) is 0.857. The minimum atomic E-state index is 0.784. The van der Waals surface area contributed by atoms with Gasteiger partial charge in [-0.15, -0.1) is 5.10 Å². The summed E-state index contributed by atoms with van der Waals surface area (Å²) in [5, 5.41) is 8.43.